The van der Waals surface area contributed by atoms with E-state index >= 15 is 9.13 Å². The topological polar surface area (TPSA) is 104 Å². The van der Waals surface area contributed by atoms with Gasteiger partial charge in [0.2, 0.25) is 20.8 Å². The van der Waals surface area contributed by atoms with Crippen molar-refractivity contribution in [3.05, 3.63) is 71.7 Å². The van der Waals surface area contributed by atoms with Crippen LogP contribution >= 0.6 is 14.9 Å². The number of rotatable bonds is 9. The number of methoxy groups -OCH3 is 1. The summed E-state index contributed by atoms with van der Waals surface area (Å²) in [5, 5.41) is -0.130. The standard InChI is InChI=1S/C37H52N6O5P2/c1-26-30(39-34(48-26)27-14-12-11-13-15-27)18-19-47-29-16-17-31-28(20-29)21-32(46-10)33(38-31)35(49(44)40(6)22-36(2,3)23-41(49)7)50(45)42(8)24-37(4,5)25-43(50)9/h11-17,20-21,35H,18-19,22-25H2,1-10H3. The fourth-order valence-corrected chi connectivity index (χ4v) is 17.6. The highest BCUT2D eigenvalue weighted by molar-refractivity contribution is 7.76. The summed E-state index contributed by atoms with van der Waals surface area (Å²) in [6.45, 7) is 13.4. The molecule has 4 heterocycles. The van der Waals surface area contributed by atoms with Crippen LogP contribution < -0.4 is 9.47 Å². The Balaban J connectivity index is 1.35. The first-order chi connectivity index (χ1) is 23.5. The van der Waals surface area contributed by atoms with Gasteiger partial charge in [-0.05, 0) is 82.3 Å². The normalized spacial score (nSPS) is 21.1. The van der Waals surface area contributed by atoms with Gasteiger partial charge in [0.05, 0.1) is 24.9 Å². The number of ether oxygens (including phenoxy) is 2. The van der Waals surface area contributed by atoms with Gasteiger partial charge < -0.3 is 13.9 Å². The smallest absolute Gasteiger partial charge is 0.234 e. The first kappa shape index (κ1) is 36.7. The third-order valence-electron chi connectivity index (χ3n) is 9.99. The lowest BCUT2D eigenvalue weighted by Gasteiger charge is -2.55. The molecule has 0 saturated carbocycles. The summed E-state index contributed by atoms with van der Waals surface area (Å²) in [7, 11) is 2.14. The van der Waals surface area contributed by atoms with Gasteiger partial charge in [-0.1, -0.05) is 45.9 Å². The molecule has 2 aliphatic heterocycles. The van der Waals surface area contributed by atoms with Crippen LogP contribution in [0.3, 0.4) is 0 Å². The van der Waals surface area contributed by atoms with Crippen LogP contribution in [0.15, 0.2) is 59.0 Å². The fourth-order valence-electron chi connectivity index (χ4n) is 7.98. The molecule has 2 aromatic heterocycles. The fraction of sp³-hybridized carbons (Fsp3) is 0.514. The van der Waals surface area contributed by atoms with Crippen LogP contribution in [0.2, 0.25) is 0 Å². The van der Waals surface area contributed by atoms with Crippen LogP contribution in [-0.4, -0.2) is 96.7 Å². The maximum Gasteiger partial charge on any atom is 0.234 e. The van der Waals surface area contributed by atoms with Crippen LogP contribution in [0.25, 0.3) is 22.4 Å². The third kappa shape index (κ3) is 6.69. The molecule has 11 nitrogen and oxygen atoms in total. The van der Waals surface area contributed by atoms with Crippen molar-refractivity contribution < 1.29 is 23.0 Å². The first-order valence-corrected chi connectivity index (χ1v) is 20.5. The Kier molecular flexibility index (Phi) is 9.92. The second-order valence-electron chi connectivity index (χ2n) is 15.6. The Morgan fingerprint density at radius 2 is 1.38 bits per heavy atom. The van der Waals surface area contributed by atoms with Crippen molar-refractivity contribution in [1.82, 2.24) is 28.6 Å². The highest BCUT2D eigenvalue weighted by atomic mass is 31.2. The zero-order valence-corrected chi connectivity index (χ0v) is 32.9. The summed E-state index contributed by atoms with van der Waals surface area (Å²) < 4.78 is 57.4. The maximum atomic E-state index is 15.7. The zero-order valence-electron chi connectivity index (χ0n) is 31.1. The van der Waals surface area contributed by atoms with E-state index in [1.807, 2.05) is 108 Å². The van der Waals surface area contributed by atoms with Crippen molar-refractivity contribution in [2.24, 2.45) is 10.8 Å². The minimum absolute atomic E-state index is 0.101. The molecule has 0 radical (unpaired) electrons. The van der Waals surface area contributed by atoms with E-state index in [4.69, 9.17) is 23.9 Å². The summed E-state index contributed by atoms with van der Waals surface area (Å²) in [4.78, 5) is 9.86. The van der Waals surface area contributed by atoms with E-state index < -0.39 is 20.3 Å². The molecule has 4 aromatic rings. The van der Waals surface area contributed by atoms with E-state index in [1.165, 1.54) is 0 Å². The van der Waals surface area contributed by atoms with Crippen molar-refractivity contribution >= 4 is 25.8 Å². The number of oxazole rings is 1. The van der Waals surface area contributed by atoms with Crippen LogP contribution in [0.4, 0.5) is 0 Å². The second kappa shape index (κ2) is 13.5. The van der Waals surface area contributed by atoms with Gasteiger partial charge in [-0.3, -0.25) is 9.13 Å². The molecular weight excluding hydrogens is 670 g/mol. The molecule has 0 amide bonds. The number of hydrogen-bond acceptors (Lipinski definition) is 7. The molecule has 50 heavy (non-hydrogen) atoms. The van der Waals surface area contributed by atoms with Crippen LogP contribution in [0, 0.1) is 17.8 Å². The largest absolute Gasteiger partial charge is 0.495 e. The minimum atomic E-state index is -3.51. The number of benzene rings is 2. The molecule has 0 atom stereocenters. The van der Waals surface area contributed by atoms with E-state index in [2.05, 4.69) is 27.7 Å². The van der Waals surface area contributed by atoms with Crippen molar-refractivity contribution in [3.63, 3.8) is 0 Å². The van der Waals surface area contributed by atoms with Crippen LogP contribution in [0.5, 0.6) is 11.5 Å². The van der Waals surface area contributed by atoms with Gasteiger partial charge in [-0.15, -0.1) is 0 Å². The zero-order chi connectivity index (χ0) is 36.2. The predicted octanol–water partition coefficient (Wildman–Crippen LogP) is 8.02. The van der Waals surface area contributed by atoms with Crippen LogP contribution in [0.1, 0.15) is 50.2 Å². The predicted molar refractivity (Wildman–Crippen MR) is 200 cm³/mol. The summed E-state index contributed by atoms with van der Waals surface area (Å²) in [6.07, 6.45) is 0.586. The second-order valence-corrected chi connectivity index (χ2v) is 22.1. The number of aromatic nitrogens is 2. The lowest BCUT2D eigenvalue weighted by atomic mass is 9.93. The van der Waals surface area contributed by atoms with Gasteiger partial charge in [0.1, 0.15) is 23.0 Å². The van der Waals surface area contributed by atoms with Crippen molar-refractivity contribution in [2.45, 2.75) is 46.4 Å². The van der Waals surface area contributed by atoms with Crippen molar-refractivity contribution in [3.8, 4) is 23.0 Å². The summed E-state index contributed by atoms with van der Waals surface area (Å²) >= 11 is 0. The SMILES string of the molecule is COc1cc2cc(OCCc3nc(-c4ccccc4)oc3C)ccc2nc1C(P1(=O)N(C)CC(C)(C)CN1C)P1(=O)N(C)CC(C)(C)CN1C. The van der Waals surface area contributed by atoms with E-state index in [-0.39, 0.29) is 10.8 Å². The van der Waals surface area contributed by atoms with Gasteiger partial charge in [0.25, 0.3) is 0 Å². The number of nitrogens with zero attached hydrogens (tertiary/aromatic N) is 6. The number of pyridine rings is 1. The highest BCUT2D eigenvalue weighted by Crippen LogP contribution is 2.82. The van der Waals surface area contributed by atoms with Gasteiger partial charge >= 0.3 is 0 Å². The van der Waals surface area contributed by atoms with E-state index in [0.29, 0.717) is 67.8 Å². The molecule has 6 rings (SSSR count). The van der Waals surface area contributed by atoms with E-state index in [0.717, 1.165) is 22.4 Å². The molecule has 2 aromatic carbocycles. The summed E-state index contributed by atoms with van der Waals surface area (Å²) in [6, 6.07) is 17.5. The average molecular weight is 723 g/mol. The molecule has 0 N–H and O–H groups in total. The van der Waals surface area contributed by atoms with Crippen LogP contribution in [-0.2, 0) is 15.6 Å². The molecule has 2 aliphatic rings. The quantitative estimate of drug-likeness (QED) is 0.157. The minimum Gasteiger partial charge on any atom is -0.495 e. The lowest BCUT2D eigenvalue weighted by molar-refractivity contribution is 0.172. The Morgan fingerprint density at radius 3 is 1.92 bits per heavy atom. The molecule has 0 aliphatic carbocycles. The molecular formula is C37H52N6O5P2. The Hall–Kier alpha value is -3.04. The lowest BCUT2D eigenvalue weighted by Crippen LogP contribution is -2.51. The number of fused-ring (bicyclic) bond motifs is 1. The summed E-state index contributed by atoms with van der Waals surface area (Å²) in [5.74, 6) is 2.51. The Labute approximate surface area is 296 Å². The van der Waals surface area contributed by atoms with Crippen molar-refractivity contribution in [1.29, 1.82) is 0 Å². The van der Waals surface area contributed by atoms with Gasteiger partial charge in [0, 0.05) is 43.5 Å². The molecule has 0 unspecified atom stereocenters. The monoisotopic (exact) mass is 722 g/mol. The highest BCUT2D eigenvalue weighted by Gasteiger charge is 2.61. The molecule has 2 fully saturated rings. The van der Waals surface area contributed by atoms with E-state index in [9.17, 15) is 0 Å². The first-order valence-electron chi connectivity index (χ1n) is 17.2. The van der Waals surface area contributed by atoms with Crippen molar-refractivity contribution in [2.75, 3.05) is 68.1 Å². The summed E-state index contributed by atoms with van der Waals surface area (Å²) in [5.41, 5.74) is 2.73. The number of hydrogen-bond donors (Lipinski definition) is 0. The molecule has 0 spiro atoms. The molecule has 0 bridgehead atoms. The average Bonchev–Trinajstić information content (AvgIpc) is 3.42. The molecule has 13 heteroatoms. The van der Waals surface area contributed by atoms with Gasteiger partial charge in [0.15, 0.2) is 5.40 Å². The van der Waals surface area contributed by atoms with E-state index in [1.54, 1.807) is 7.11 Å². The maximum absolute atomic E-state index is 15.7. The van der Waals surface area contributed by atoms with Gasteiger partial charge in [-0.2, -0.15) is 0 Å². The van der Waals surface area contributed by atoms with Gasteiger partial charge in [-0.25, -0.2) is 28.6 Å². The molecule has 270 valence electrons. The molecule has 2 saturated heterocycles. The third-order valence-corrected chi connectivity index (χ3v) is 18.0. The Bertz CT molecular complexity index is 1880. The Morgan fingerprint density at radius 1 is 0.820 bits per heavy atom. The number of aryl methyl sites for hydroxylation is 1.